The third-order valence-electron chi connectivity index (χ3n) is 3.08. The number of benzene rings is 1. The van der Waals surface area contributed by atoms with Gasteiger partial charge in [-0.25, -0.2) is 0 Å². The molecule has 0 N–H and O–H groups in total. The van der Waals surface area contributed by atoms with Crippen molar-refractivity contribution in [2.24, 2.45) is 0 Å². The lowest BCUT2D eigenvalue weighted by Gasteiger charge is -2.32. The monoisotopic (exact) mass is 219 g/mol. The summed E-state index contributed by atoms with van der Waals surface area (Å²) in [5.41, 5.74) is 1.40. The van der Waals surface area contributed by atoms with Gasteiger partial charge in [-0.05, 0) is 12.0 Å². The molecule has 0 unspecified atom stereocenters. The van der Waals surface area contributed by atoms with Crippen LogP contribution in [0.4, 0.5) is 0 Å². The Morgan fingerprint density at radius 2 is 2.12 bits per heavy atom. The second kappa shape index (κ2) is 6.02. The first-order valence-electron chi connectivity index (χ1n) is 6.26. The maximum Gasteiger partial charge on any atom is 0.0702 e. The van der Waals surface area contributed by atoms with Crippen molar-refractivity contribution in [1.82, 2.24) is 4.90 Å². The summed E-state index contributed by atoms with van der Waals surface area (Å²) in [5.74, 6) is 0. The number of nitrogens with zero attached hydrogens (tertiary/aromatic N) is 1. The Kier molecular flexibility index (Phi) is 4.37. The van der Waals surface area contributed by atoms with E-state index in [4.69, 9.17) is 4.74 Å². The fraction of sp³-hybridized carbons (Fsp3) is 0.571. The van der Waals surface area contributed by atoms with E-state index in [1.807, 2.05) is 0 Å². The number of ether oxygens (including phenoxy) is 1. The average Bonchev–Trinajstić information content (AvgIpc) is 2.31. The van der Waals surface area contributed by atoms with Crippen LogP contribution in [0.15, 0.2) is 30.3 Å². The SMILES string of the molecule is CCC[C@@H]1CN(Cc2ccccc2)CCO1. The minimum absolute atomic E-state index is 0.447. The Balaban J connectivity index is 1.85. The zero-order chi connectivity index (χ0) is 11.2. The molecule has 1 saturated heterocycles. The van der Waals surface area contributed by atoms with Crippen molar-refractivity contribution < 1.29 is 4.74 Å². The normalized spacial score (nSPS) is 22.2. The second-order valence-corrected chi connectivity index (χ2v) is 4.50. The Morgan fingerprint density at radius 3 is 2.88 bits per heavy atom. The molecule has 0 aromatic heterocycles. The lowest BCUT2D eigenvalue weighted by molar-refractivity contribution is -0.0350. The lowest BCUT2D eigenvalue weighted by Crippen LogP contribution is -2.41. The van der Waals surface area contributed by atoms with Crippen LogP contribution in [-0.2, 0) is 11.3 Å². The summed E-state index contributed by atoms with van der Waals surface area (Å²) in [7, 11) is 0. The van der Waals surface area contributed by atoms with Gasteiger partial charge < -0.3 is 4.74 Å². The molecule has 1 aromatic rings. The molecule has 1 fully saturated rings. The van der Waals surface area contributed by atoms with E-state index in [0.717, 1.165) is 26.2 Å². The quantitative estimate of drug-likeness (QED) is 0.772. The molecular formula is C14H21NO. The van der Waals surface area contributed by atoms with Crippen LogP contribution >= 0.6 is 0 Å². The molecule has 0 aliphatic carbocycles. The van der Waals surface area contributed by atoms with Gasteiger partial charge in [-0.1, -0.05) is 43.7 Å². The number of hydrogen-bond acceptors (Lipinski definition) is 2. The smallest absolute Gasteiger partial charge is 0.0702 e. The topological polar surface area (TPSA) is 12.5 Å². The van der Waals surface area contributed by atoms with Gasteiger partial charge in [-0.15, -0.1) is 0 Å². The third kappa shape index (κ3) is 3.32. The maximum absolute atomic E-state index is 5.74. The molecule has 2 nitrogen and oxygen atoms in total. The second-order valence-electron chi connectivity index (χ2n) is 4.50. The minimum Gasteiger partial charge on any atom is -0.376 e. The third-order valence-corrected chi connectivity index (χ3v) is 3.08. The van der Waals surface area contributed by atoms with Gasteiger partial charge in [0.1, 0.15) is 0 Å². The Morgan fingerprint density at radius 1 is 1.31 bits per heavy atom. The van der Waals surface area contributed by atoms with Crippen LogP contribution in [0.1, 0.15) is 25.3 Å². The molecule has 1 atom stereocenters. The molecule has 1 aromatic carbocycles. The van der Waals surface area contributed by atoms with Crippen molar-refractivity contribution in [3.63, 3.8) is 0 Å². The van der Waals surface area contributed by atoms with Gasteiger partial charge in [-0.2, -0.15) is 0 Å². The van der Waals surface area contributed by atoms with Crippen LogP contribution in [0.2, 0.25) is 0 Å². The van der Waals surface area contributed by atoms with Gasteiger partial charge >= 0.3 is 0 Å². The van der Waals surface area contributed by atoms with Crippen molar-refractivity contribution in [3.8, 4) is 0 Å². The summed E-state index contributed by atoms with van der Waals surface area (Å²) in [6.45, 7) is 6.32. The molecule has 16 heavy (non-hydrogen) atoms. The molecule has 1 aliphatic rings. The summed E-state index contributed by atoms with van der Waals surface area (Å²) in [5, 5.41) is 0. The first-order valence-corrected chi connectivity index (χ1v) is 6.26. The van der Waals surface area contributed by atoms with Gasteiger partial charge in [0.15, 0.2) is 0 Å². The molecule has 0 saturated carbocycles. The Labute approximate surface area is 98.2 Å². The zero-order valence-electron chi connectivity index (χ0n) is 10.1. The molecule has 1 aliphatic heterocycles. The fourth-order valence-electron chi connectivity index (χ4n) is 2.26. The van der Waals surface area contributed by atoms with E-state index < -0.39 is 0 Å². The first-order chi connectivity index (χ1) is 7.88. The van der Waals surface area contributed by atoms with E-state index in [1.54, 1.807) is 0 Å². The highest BCUT2D eigenvalue weighted by Crippen LogP contribution is 2.13. The predicted molar refractivity (Wildman–Crippen MR) is 66.4 cm³/mol. The molecule has 1 heterocycles. The Hall–Kier alpha value is -0.860. The Bertz CT molecular complexity index is 297. The largest absolute Gasteiger partial charge is 0.376 e. The molecule has 0 bridgehead atoms. The highest BCUT2D eigenvalue weighted by molar-refractivity contribution is 5.14. The van der Waals surface area contributed by atoms with Crippen molar-refractivity contribution in [3.05, 3.63) is 35.9 Å². The minimum atomic E-state index is 0.447. The van der Waals surface area contributed by atoms with Crippen LogP contribution < -0.4 is 0 Å². The van der Waals surface area contributed by atoms with Gasteiger partial charge in [-0.3, -0.25) is 4.90 Å². The summed E-state index contributed by atoms with van der Waals surface area (Å²) in [6, 6.07) is 10.7. The van der Waals surface area contributed by atoms with Crippen molar-refractivity contribution in [2.45, 2.75) is 32.4 Å². The highest BCUT2D eigenvalue weighted by atomic mass is 16.5. The van der Waals surface area contributed by atoms with Crippen LogP contribution in [0.25, 0.3) is 0 Å². The zero-order valence-corrected chi connectivity index (χ0v) is 10.1. The molecule has 88 valence electrons. The van der Waals surface area contributed by atoms with Crippen LogP contribution in [0, 0.1) is 0 Å². The van der Waals surface area contributed by atoms with Crippen LogP contribution in [0.3, 0.4) is 0 Å². The van der Waals surface area contributed by atoms with E-state index >= 15 is 0 Å². The molecule has 0 amide bonds. The molecule has 2 rings (SSSR count). The molecular weight excluding hydrogens is 198 g/mol. The van der Waals surface area contributed by atoms with Crippen LogP contribution in [-0.4, -0.2) is 30.7 Å². The first kappa shape index (κ1) is 11.6. The van der Waals surface area contributed by atoms with Gasteiger partial charge in [0.05, 0.1) is 12.7 Å². The molecule has 0 radical (unpaired) electrons. The summed E-state index contributed by atoms with van der Waals surface area (Å²) >= 11 is 0. The van der Waals surface area contributed by atoms with E-state index in [2.05, 4.69) is 42.2 Å². The molecule has 2 heteroatoms. The van der Waals surface area contributed by atoms with Crippen molar-refractivity contribution in [2.75, 3.05) is 19.7 Å². The number of morpholine rings is 1. The van der Waals surface area contributed by atoms with Crippen molar-refractivity contribution in [1.29, 1.82) is 0 Å². The summed E-state index contributed by atoms with van der Waals surface area (Å²) in [6.07, 6.45) is 2.84. The van der Waals surface area contributed by atoms with E-state index in [-0.39, 0.29) is 0 Å². The lowest BCUT2D eigenvalue weighted by atomic mass is 10.1. The van der Waals surface area contributed by atoms with Gasteiger partial charge in [0.2, 0.25) is 0 Å². The summed E-state index contributed by atoms with van der Waals surface area (Å²) < 4.78 is 5.74. The predicted octanol–water partition coefficient (Wildman–Crippen LogP) is 2.69. The average molecular weight is 219 g/mol. The van der Waals surface area contributed by atoms with Crippen LogP contribution in [0.5, 0.6) is 0 Å². The van der Waals surface area contributed by atoms with Gasteiger partial charge in [0, 0.05) is 19.6 Å². The van der Waals surface area contributed by atoms with E-state index in [9.17, 15) is 0 Å². The number of hydrogen-bond donors (Lipinski definition) is 0. The van der Waals surface area contributed by atoms with E-state index in [0.29, 0.717) is 6.10 Å². The standard InChI is InChI=1S/C14H21NO/c1-2-6-14-12-15(9-10-16-14)11-13-7-4-3-5-8-13/h3-5,7-8,14H,2,6,9-12H2,1H3/t14-/m1/s1. The highest BCUT2D eigenvalue weighted by Gasteiger charge is 2.19. The molecule has 0 spiro atoms. The van der Waals surface area contributed by atoms with Gasteiger partial charge in [0.25, 0.3) is 0 Å². The van der Waals surface area contributed by atoms with E-state index in [1.165, 1.54) is 18.4 Å². The van der Waals surface area contributed by atoms with Crippen molar-refractivity contribution >= 4 is 0 Å². The maximum atomic E-state index is 5.74. The summed E-state index contributed by atoms with van der Waals surface area (Å²) in [4.78, 5) is 2.50. The number of rotatable bonds is 4. The fourth-order valence-corrected chi connectivity index (χ4v) is 2.26.